The molecule has 1 amide bonds. The molecule has 2 aliphatic rings. The maximum Gasteiger partial charge on any atom is 0.224 e. The molecule has 0 spiro atoms. The van der Waals surface area contributed by atoms with Gasteiger partial charge < -0.3 is 15.4 Å². The second kappa shape index (κ2) is 4.85. The molecule has 2 aliphatic heterocycles. The van der Waals surface area contributed by atoms with Crippen molar-refractivity contribution < 1.29 is 9.53 Å². The van der Waals surface area contributed by atoms with Crippen LogP contribution < -0.4 is 10.5 Å². The third-order valence-electron chi connectivity index (χ3n) is 3.99. The minimum atomic E-state index is -0.0978. The maximum atomic E-state index is 12.0. The molecule has 1 fully saturated rings. The molecule has 1 saturated heterocycles. The third kappa shape index (κ3) is 2.10. The molecule has 19 heavy (non-hydrogen) atoms. The summed E-state index contributed by atoms with van der Waals surface area (Å²) >= 11 is 0. The summed E-state index contributed by atoms with van der Waals surface area (Å²) in [6.45, 7) is 3.63. The van der Waals surface area contributed by atoms with E-state index in [1.165, 1.54) is 5.56 Å². The van der Waals surface area contributed by atoms with Crippen LogP contribution in [0.5, 0.6) is 5.75 Å². The Morgan fingerprint density at radius 2 is 2.32 bits per heavy atom. The number of hydrogen-bond donors (Lipinski definition) is 1. The van der Waals surface area contributed by atoms with E-state index >= 15 is 0 Å². The topological polar surface area (TPSA) is 55.6 Å². The zero-order valence-electron chi connectivity index (χ0n) is 11.3. The van der Waals surface area contributed by atoms with Crippen molar-refractivity contribution in [2.45, 2.75) is 38.3 Å². The Morgan fingerprint density at radius 3 is 3.11 bits per heavy atom. The van der Waals surface area contributed by atoms with E-state index in [0.717, 1.165) is 37.3 Å². The van der Waals surface area contributed by atoms with Crippen LogP contribution in [0.2, 0.25) is 0 Å². The summed E-state index contributed by atoms with van der Waals surface area (Å²) in [5.41, 5.74) is 8.56. The molecule has 0 radical (unpaired) electrons. The molecule has 1 aromatic rings. The lowest BCUT2D eigenvalue weighted by molar-refractivity contribution is -0.129. The Kier molecular flexibility index (Phi) is 3.19. The summed E-state index contributed by atoms with van der Waals surface area (Å²) in [5, 5.41) is 0. The van der Waals surface area contributed by atoms with Gasteiger partial charge in [-0.15, -0.1) is 0 Å². The van der Waals surface area contributed by atoms with Gasteiger partial charge in [0, 0.05) is 25.4 Å². The van der Waals surface area contributed by atoms with Crippen LogP contribution in [0.15, 0.2) is 18.2 Å². The molecule has 0 saturated carbocycles. The van der Waals surface area contributed by atoms with Gasteiger partial charge in [0.15, 0.2) is 0 Å². The van der Waals surface area contributed by atoms with Gasteiger partial charge in [-0.25, -0.2) is 0 Å². The van der Waals surface area contributed by atoms with Crippen LogP contribution in [0.4, 0.5) is 0 Å². The maximum absolute atomic E-state index is 12.0. The fourth-order valence-corrected chi connectivity index (χ4v) is 3.14. The molecule has 102 valence electrons. The highest BCUT2D eigenvalue weighted by Crippen LogP contribution is 2.35. The van der Waals surface area contributed by atoms with E-state index in [-0.39, 0.29) is 18.0 Å². The van der Waals surface area contributed by atoms with Gasteiger partial charge in [-0.3, -0.25) is 4.79 Å². The molecule has 4 heteroatoms. The second-order valence-corrected chi connectivity index (χ2v) is 5.37. The van der Waals surface area contributed by atoms with E-state index in [9.17, 15) is 4.79 Å². The molecule has 0 aliphatic carbocycles. The van der Waals surface area contributed by atoms with Gasteiger partial charge in [0.2, 0.25) is 5.91 Å². The fraction of sp³-hybridized carbons (Fsp3) is 0.533. The fourth-order valence-electron chi connectivity index (χ4n) is 3.14. The van der Waals surface area contributed by atoms with E-state index in [4.69, 9.17) is 10.5 Å². The average Bonchev–Trinajstić information content (AvgIpc) is 2.94. The van der Waals surface area contributed by atoms with E-state index in [2.05, 4.69) is 19.1 Å². The van der Waals surface area contributed by atoms with Gasteiger partial charge in [0.1, 0.15) is 5.75 Å². The second-order valence-electron chi connectivity index (χ2n) is 5.37. The number of amides is 1. The Labute approximate surface area is 113 Å². The Morgan fingerprint density at radius 1 is 1.47 bits per heavy atom. The lowest BCUT2D eigenvalue weighted by Gasteiger charge is -2.27. The minimum Gasteiger partial charge on any atom is -0.493 e. The molecule has 0 bridgehead atoms. The predicted octanol–water partition coefficient (Wildman–Crippen LogP) is 1.63. The number of rotatable bonds is 3. The molecule has 2 unspecified atom stereocenters. The number of nitrogens with zero attached hydrogens (tertiary/aromatic N) is 1. The standard InChI is InChI=1S/C15H20N2O2/c1-2-6-17-14(18)9-12(16)15(17)11-3-4-13-10(8-11)5-7-19-13/h3-4,8,12,15H,2,5-7,9,16H2,1H3. The van der Waals surface area contributed by atoms with Crippen molar-refractivity contribution in [3.05, 3.63) is 29.3 Å². The molecule has 2 atom stereocenters. The van der Waals surface area contributed by atoms with E-state index in [1.807, 2.05) is 11.0 Å². The molecule has 1 aromatic carbocycles. The Hall–Kier alpha value is -1.55. The predicted molar refractivity (Wildman–Crippen MR) is 73.0 cm³/mol. The minimum absolute atomic E-state index is 0.0262. The summed E-state index contributed by atoms with van der Waals surface area (Å²) < 4.78 is 5.53. The molecule has 3 rings (SSSR count). The number of hydrogen-bond acceptors (Lipinski definition) is 3. The van der Waals surface area contributed by atoms with Gasteiger partial charge in [-0.2, -0.15) is 0 Å². The van der Waals surface area contributed by atoms with Gasteiger partial charge in [0.25, 0.3) is 0 Å². The zero-order valence-corrected chi connectivity index (χ0v) is 11.3. The summed E-state index contributed by atoms with van der Waals surface area (Å²) in [4.78, 5) is 13.9. The summed E-state index contributed by atoms with van der Waals surface area (Å²) in [5.74, 6) is 1.15. The van der Waals surface area contributed by atoms with Crippen LogP contribution >= 0.6 is 0 Å². The SMILES string of the molecule is CCCN1C(=O)CC(N)C1c1ccc2c(c1)CCO2. The van der Waals surface area contributed by atoms with Crippen molar-refractivity contribution in [3.63, 3.8) is 0 Å². The number of fused-ring (bicyclic) bond motifs is 1. The summed E-state index contributed by atoms with van der Waals surface area (Å²) in [6, 6.07) is 6.15. The van der Waals surface area contributed by atoms with Gasteiger partial charge in [0.05, 0.1) is 12.6 Å². The van der Waals surface area contributed by atoms with Crippen molar-refractivity contribution in [1.82, 2.24) is 4.90 Å². The highest BCUT2D eigenvalue weighted by molar-refractivity contribution is 5.80. The number of ether oxygens (including phenoxy) is 1. The first kappa shape index (κ1) is 12.5. The monoisotopic (exact) mass is 260 g/mol. The Balaban J connectivity index is 1.93. The molecule has 2 N–H and O–H groups in total. The quantitative estimate of drug-likeness (QED) is 0.898. The molecule has 0 aromatic heterocycles. The number of carbonyl (C=O) groups is 1. The van der Waals surface area contributed by atoms with Crippen molar-refractivity contribution in [1.29, 1.82) is 0 Å². The van der Waals surface area contributed by atoms with Crippen molar-refractivity contribution in [2.75, 3.05) is 13.2 Å². The van der Waals surface area contributed by atoms with Crippen LogP contribution in [-0.2, 0) is 11.2 Å². The Bertz CT molecular complexity index is 501. The molecule has 2 heterocycles. The van der Waals surface area contributed by atoms with Crippen molar-refractivity contribution >= 4 is 5.91 Å². The summed E-state index contributed by atoms with van der Waals surface area (Å²) in [6.07, 6.45) is 2.37. The highest BCUT2D eigenvalue weighted by Gasteiger charge is 2.38. The number of nitrogens with two attached hydrogens (primary N) is 1. The normalized spacial score (nSPS) is 25.6. The van der Waals surface area contributed by atoms with E-state index in [1.54, 1.807) is 0 Å². The first-order valence-corrected chi connectivity index (χ1v) is 7.01. The molecular formula is C15H20N2O2. The van der Waals surface area contributed by atoms with Crippen LogP contribution in [-0.4, -0.2) is 30.0 Å². The number of likely N-dealkylation sites (tertiary alicyclic amines) is 1. The molecular weight excluding hydrogens is 240 g/mol. The van der Waals surface area contributed by atoms with E-state index < -0.39 is 0 Å². The largest absolute Gasteiger partial charge is 0.493 e. The number of carbonyl (C=O) groups excluding carboxylic acids is 1. The van der Waals surface area contributed by atoms with Crippen LogP contribution in [0.25, 0.3) is 0 Å². The van der Waals surface area contributed by atoms with E-state index in [0.29, 0.717) is 6.42 Å². The van der Waals surface area contributed by atoms with Crippen LogP contribution in [0.3, 0.4) is 0 Å². The summed E-state index contributed by atoms with van der Waals surface area (Å²) in [7, 11) is 0. The lowest BCUT2D eigenvalue weighted by atomic mass is 9.98. The smallest absolute Gasteiger partial charge is 0.224 e. The highest BCUT2D eigenvalue weighted by atomic mass is 16.5. The van der Waals surface area contributed by atoms with Gasteiger partial charge in [-0.05, 0) is 29.7 Å². The first-order chi connectivity index (χ1) is 9.20. The number of benzene rings is 1. The third-order valence-corrected chi connectivity index (χ3v) is 3.99. The van der Waals surface area contributed by atoms with Gasteiger partial charge >= 0.3 is 0 Å². The van der Waals surface area contributed by atoms with Crippen molar-refractivity contribution in [2.24, 2.45) is 5.73 Å². The van der Waals surface area contributed by atoms with Crippen LogP contribution in [0.1, 0.15) is 36.9 Å². The van der Waals surface area contributed by atoms with Crippen molar-refractivity contribution in [3.8, 4) is 5.75 Å². The van der Waals surface area contributed by atoms with Gasteiger partial charge in [-0.1, -0.05) is 13.0 Å². The average molecular weight is 260 g/mol. The zero-order chi connectivity index (χ0) is 13.4. The lowest BCUT2D eigenvalue weighted by Crippen LogP contribution is -2.33. The first-order valence-electron chi connectivity index (χ1n) is 7.01. The van der Waals surface area contributed by atoms with Crippen LogP contribution in [0, 0.1) is 0 Å². The molecule has 4 nitrogen and oxygen atoms in total.